The van der Waals surface area contributed by atoms with Crippen molar-refractivity contribution in [3.63, 3.8) is 0 Å². The van der Waals surface area contributed by atoms with E-state index in [-0.39, 0.29) is 24.2 Å². The fraction of sp³-hybridized carbons (Fsp3) is 0.750. The summed E-state index contributed by atoms with van der Waals surface area (Å²) in [5.41, 5.74) is 2.12. The zero-order valence-corrected chi connectivity index (χ0v) is 14.0. The quantitative estimate of drug-likeness (QED) is 0.827. The van der Waals surface area contributed by atoms with Crippen molar-refractivity contribution < 1.29 is 14.3 Å². The van der Waals surface area contributed by atoms with Crippen LogP contribution in [0.5, 0.6) is 0 Å². The molecule has 23 heavy (non-hydrogen) atoms. The summed E-state index contributed by atoms with van der Waals surface area (Å²) in [6.45, 7) is 3.22. The predicted molar refractivity (Wildman–Crippen MR) is 85.1 cm³/mol. The molecule has 0 unspecified atom stereocenters. The Kier molecular flexibility index (Phi) is 4.87. The van der Waals surface area contributed by atoms with E-state index >= 15 is 0 Å². The number of nitrogens with zero attached hydrogens (tertiary/aromatic N) is 2. The number of carbonyl (C=O) groups is 1. The van der Waals surface area contributed by atoms with E-state index in [4.69, 9.17) is 9.47 Å². The zero-order valence-electron chi connectivity index (χ0n) is 14.0. The first kappa shape index (κ1) is 16.3. The summed E-state index contributed by atoms with van der Waals surface area (Å²) in [5.74, 6) is 0.553. The summed E-state index contributed by atoms with van der Waals surface area (Å²) in [4.78, 5) is 12.3. The molecular weight excluding hydrogens is 296 g/mol. The number of rotatable bonds is 6. The monoisotopic (exact) mass is 322 g/mol. The molecule has 0 bridgehead atoms. The van der Waals surface area contributed by atoms with Crippen LogP contribution >= 0.6 is 0 Å². The highest BCUT2D eigenvalue weighted by Crippen LogP contribution is 2.33. The van der Waals surface area contributed by atoms with Crippen molar-refractivity contribution in [2.24, 2.45) is 13.0 Å². The van der Waals surface area contributed by atoms with Crippen LogP contribution in [0.4, 0.5) is 4.79 Å². The minimum Gasteiger partial charge on any atom is -0.383 e. The van der Waals surface area contributed by atoms with Gasteiger partial charge in [0.05, 0.1) is 24.9 Å². The van der Waals surface area contributed by atoms with E-state index in [9.17, 15) is 4.79 Å². The Bertz CT molecular complexity index is 556. The van der Waals surface area contributed by atoms with E-state index < -0.39 is 0 Å². The normalized spacial score (nSPS) is 25.3. The number of hydrogen-bond acceptors (Lipinski definition) is 4. The van der Waals surface area contributed by atoms with Gasteiger partial charge in [-0.3, -0.25) is 4.68 Å². The lowest BCUT2D eigenvalue weighted by molar-refractivity contribution is 0.0987. The molecule has 1 aliphatic carbocycles. The molecule has 1 saturated carbocycles. The zero-order chi connectivity index (χ0) is 16.4. The summed E-state index contributed by atoms with van der Waals surface area (Å²) >= 11 is 0. The van der Waals surface area contributed by atoms with Crippen molar-refractivity contribution >= 4 is 6.03 Å². The summed E-state index contributed by atoms with van der Waals surface area (Å²) in [6.07, 6.45) is 4.84. The number of urea groups is 1. The number of aromatic nitrogens is 2. The summed E-state index contributed by atoms with van der Waals surface area (Å²) < 4.78 is 12.9. The first-order valence-corrected chi connectivity index (χ1v) is 8.26. The maximum atomic E-state index is 12.3. The van der Waals surface area contributed by atoms with Crippen LogP contribution in [-0.2, 0) is 16.5 Å². The van der Waals surface area contributed by atoms with Crippen LogP contribution in [0.25, 0.3) is 0 Å². The van der Waals surface area contributed by atoms with Crippen LogP contribution in [0.15, 0.2) is 6.20 Å². The van der Waals surface area contributed by atoms with E-state index in [1.54, 1.807) is 7.11 Å². The van der Waals surface area contributed by atoms with Gasteiger partial charge in [0, 0.05) is 32.0 Å². The van der Waals surface area contributed by atoms with E-state index in [1.807, 2.05) is 24.9 Å². The average molecular weight is 322 g/mol. The molecule has 128 valence electrons. The molecule has 2 N–H and O–H groups in total. The first-order chi connectivity index (χ1) is 11.1. The third-order valence-corrected chi connectivity index (χ3v) is 4.84. The average Bonchev–Trinajstić information content (AvgIpc) is 3.20. The van der Waals surface area contributed by atoms with Gasteiger partial charge in [-0.25, -0.2) is 4.79 Å². The third kappa shape index (κ3) is 3.67. The Morgan fingerprint density at radius 1 is 1.52 bits per heavy atom. The lowest BCUT2D eigenvalue weighted by atomic mass is 10.0. The second kappa shape index (κ2) is 6.88. The molecule has 0 radical (unpaired) electrons. The number of ether oxygens (including phenoxy) is 2. The first-order valence-electron chi connectivity index (χ1n) is 8.26. The van der Waals surface area contributed by atoms with Crippen LogP contribution < -0.4 is 10.6 Å². The Morgan fingerprint density at radius 2 is 2.30 bits per heavy atom. The number of aryl methyl sites for hydroxylation is 1. The van der Waals surface area contributed by atoms with Crippen LogP contribution in [0.3, 0.4) is 0 Å². The topological polar surface area (TPSA) is 77.4 Å². The van der Waals surface area contributed by atoms with Crippen molar-refractivity contribution in [2.75, 3.05) is 20.3 Å². The van der Waals surface area contributed by atoms with Crippen LogP contribution in [0.1, 0.15) is 36.6 Å². The van der Waals surface area contributed by atoms with Crippen molar-refractivity contribution in [3.8, 4) is 0 Å². The molecule has 2 amide bonds. The second-order valence-electron chi connectivity index (χ2n) is 6.51. The van der Waals surface area contributed by atoms with E-state index in [0.717, 1.165) is 17.7 Å². The van der Waals surface area contributed by atoms with Gasteiger partial charge in [-0.1, -0.05) is 0 Å². The highest BCUT2D eigenvalue weighted by molar-refractivity contribution is 5.74. The number of carbonyl (C=O) groups excluding carboxylic acids is 1. The molecule has 0 spiro atoms. The Labute approximate surface area is 136 Å². The van der Waals surface area contributed by atoms with Crippen molar-refractivity contribution in [2.45, 2.75) is 44.4 Å². The molecule has 2 heterocycles. The SMILES string of the molecule is COC[C@@H](NC(=O)N[C@H]1CCO[C@@H]1c1cnn(C)c1C)C1CC1. The van der Waals surface area contributed by atoms with E-state index in [0.29, 0.717) is 19.1 Å². The maximum absolute atomic E-state index is 12.3. The number of nitrogens with one attached hydrogen (secondary N) is 2. The predicted octanol–water partition coefficient (Wildman–Crippen LogP) is 1.28. The summed E-state index contributed by atoms with van der Waals surface area (Å²) in [7, 11) is 3.58. The molecule has 1 saturated heterocycles. The highest BCUT2D eigenvalue weighted by atomic mass is 16.5. The fourth-order valence-corrected chi connectivity index (χ4v) is 3.19. The van der Waals surface area contributed by atoms with Gasteiger partial charge in [0.15, 0.2) is 0 Å². The second-order valence-corrected chi connectivity index (χ2v) is 6.51. The number of amides is 2. The van der Waals surface area contributed by atoms with Gasteiger partial charge in [-0.15, -0.1) is 0 Å². The number of hydrogen-bond donors (Lipinski definition) is 2. The van der Waals surface area contributed by atoms with Crippen LogP contribution in [-0.4, -0.2) is 48.2 Å². The van der Waals surface area contributed by atoms with Crippen molar-refractivity contribution in [1.82, 2.24) is 20.4 Å². The summed E-state index contributed by atoms with van der Waals surface area (Å²) in [5, 5.41) is 10.4. The van der Waals surface area contributed by atoms with E-state index in [1.165, 1.54) is 12.8 Å². The van der Waals surface area contributed by atoms with E-state index in [2.05, 4.69) is 15.7 Å². The van der Waals surface area contributed by atoms with Gasteiger partial charge in [0.2, 0.25) is 0 Å². The fourth-order valence-electron chi connectivity index (χ4n) is 3.19. The lowest BCUT2D eigenvalue weighted by Crippen LogP contribution is -2.49. The molecule has 7 nitrogen and oxygen atoms in total. The Morgan fingerprint density at radius 3 is 2.91 bits per heavy atom. The molecule has 1 aromatic rings. The molecule has 2 aliphatic rings. The summed E-state index contributed by atoms with van der Waals surface area (Å²) in [6, 6.07) is -0.0674. The largest absolute Gasteiger partial charge is 0.383 e. The Hall–Kier alpha value is -1.60. The van der Waals surface area contributed by atoms with Gasteiger partial charge in [-0.05, 0) is 32.1 Å². The van der Waals surface area contributed by atoms with Crippen LogP contribution in [0, 0.1) is 12.8 Å². The lowest BCUT2D eigenvalue weighted by Gasteiger charge is -2.23. The molecule has 3 rings (SSSR count). The van der Waals surface area contributed by atoms with Gasteiger partial charge < -0.3 is 20.1 Å². The van der Waals surface area contributed by atoms with Gasteiger partial charge >= 0.3 is 6.03 Å². The molecule has 2 fully saturated rings. The third-order valence-electron chi connectivity index (χ3n) is 4.84. The molecule has 1 aliphatic heterocycles. The highest BCUT2D eigenvalue weighted by Gasteiger charge is 2.35. The molecule has 0 aromatic carbocycles. The molecule has 3 atom stereocenters. The molecular formula is C16H26N4O3. The van der Waals surface area contributed by atoms with Gasteiger partial charge in [0.1, 0.15) is 6.10 Å². The Balaban J connectivity index is 1.59. The van der Waals surface area contributed by atoms with Crippen molar-refractivity contribution in [1.29, 1.82) is 0 Å². The van der Waals surface area contributed by atoms with Crippen LogP contribution in [0.2, 0.25) is 0 Å². The van der Waals surface area contributed by atoms with Gasteiger partial charge in [-0.2, -0.15) is 5.10 Å². The maximum Gasteiger partial charge on any atom is 0.315 e. The number of methoxy groups -OCH3 is 1. The van der Waals surface area contributed by atoms with Gasteiger partial charge in [0.25, 0.3) is 0 Å². The minimum atomic E-state index is -0.138. The molecule has 7 heteroatoms. The standard InChI is InChI=1S/C16H26N4O3/c1-10-12(8-17-20(10)2)15-13(6-7-23-15)18-16(21)19-14(9-22-3)11-4-5-11/h8,11,13-15H,4-7,9H2,1-3H3,(H2,18,19,21)/t13-,14+,15+/m0/s1. The minimum absolute atomic E-state index is 0.0275. The molecule has 1 aromatic heterocycles. The van der Waals surface area contributed by atoms with Crippen molar-refractivity contribution in [3.05, 3.63) is 17.5 Å². The smallest absolute Gasteiger partial charge is 0.315 e.